The molecule has 0 saturated carbocycles. The topological polar surface area (TPSA) is 47.6 Å². The number of hydrogen-bond donors (Lipinski definition) is 1. The van der Waals surface area contributed by atoms with Crippen LogP contribution in [0.1, 0.15) is 31.9 Å². The van der Waals surface area contributed by atoms with Gasteiger partial charge in [-0.15, -0.1) is 0 Å². The van der Waals surface area contributed by atoms with Crippen molar-refractivity contribution in [1.82, 2.24) is 5.32 Å². The third kappa shape index (κ3) is 6.43. The molecule has 1 N–H and O–H groups in total. The molecule has 0 saturated heterocycles. The average Bonchev–Trinajstić information content (AvgIpc) is 2.51. The lowest BCUT2D eigenvalue weighted by atomic mass is 10.2. The molecule has 0 atom stereocenters. The van der Waals surface area contributed by atoms with Gasteiger partial charge in [-0.25, -0.2) is 4.79 Å². The van der Waals surface area contributed by atoms with Gasteiger partial charge in [-0.1, -0.05) is 42.5 Å². The highest BCUT2D eigenvalue weighted by Crippen LogP contribution is 2.14. The molecule has 4 nitrogen and oxygen atoms in total. The first-order valence-corrected chi connectivity index (χ1v) is 7.65. The summed E-state index contributed by atoms with van der Waals surface area (Å²) in [5.41, 5.74) is 1.63. The summed E-state index contributed by atoms with van der Waals surface area (Å²) in [5, 5.41) is 2.73. The number of hydrogen-bond acceptors (Lipinski definition) is 3. The molecule has 0 heterocycles. The molecule has 0 spiro atoms. The molecule has 0 aromatic heterocycles. The lowest BCUT2D eigenvalue weighted by Gasteiger charge is -2.19. The Morgan fingerprint density at radius 3 is 2.22 bits per heavy atom. The number of alkyl carbamates (subject to hydrolysis) is 1. The van der Waals surface area contributed by atoms with Crippen molar-refractivity contribution in [2.24, 2.45) is 0 Å². The van der Waals surface area contributed by atoms with Gasteiger partial charge in [0.25, 0.3) is 0 Å². The first kappa shape index (κ1) is 16.9. The minimum absolute atomic E-state index is 0.415. The van der Waals surface area contributed by atoms with Gasteiger partial charge in [0, 0.05) is 6.54 Å². The predicted molar refractivity (Wildman–Crippen MR) is 90.3 cm³/mol. The molecule has 2 aromatic carbocycles. The Morgan fingerprint density at radius 2 is 1.61 bits per heavy atom. The van der Waals surface area contributed by atoms with Crippen LogP contribution in [0.4, 0.5) is 4.79 Å². The van der Waals surface area contributed by atoms with E-state index in [1.165, 1.54) is 0 Å². The quantitative estimate of drug-likeness (QED) is 0.895. The van der Waals surface area contributed by atoms with E-state index >= 15 is 0 Å². The fraction of sp³-hybridized carbons (Fsp3) is 0.316. The van der Waals surface area contributed by atoms with Crippen LogP contribution >= 0.6 is 0 Å². The van der Waals surface area contributed by atoms with Crippen LogP contribution in [-0.2, 0) is 17.9 Å². The van der Waals surface area contributed by atoms with Gasteiger partial charge in [0.15, 0.2) is 0 Å². The monoisotopic (exact) mass is 313 g/mol. The minimum Gasteiger partial charge on any atom is -0.489 e. The zero-order chi connectivity index (χ0) is 16.7. The Kier molecular flexibility index (Phi) is 5.63. The molecule has 0 bridgehead atoms. The van der Waals surface area contributed by atoms with E-state index in [9.17, 15) is 4.79 Å². The highest BCUT2D eigenvalue weighted by Gasteiger charge is 2.15. The van der Waals surface area contributed by atoms with Gasteiger partial charge in [-0.2, -0.15) is 0 Å². The highest BCUT2D eigenvalue weighted by atomic mass is 16.6. The van der Waals surface area contributed by atoms with Crippen LogP contribution in [0.3, 0.4) is 0 Å². The summed E-state index contributed by atoms with van der Waals surface area (Å²) in [7, 11) is 0. The second-order valence-corrected chi connectivity index (χ2v) is 6.27. The second-order valence-electron chi connectivity index (χ2n) is 6.27. The van der Waals surface area contributed by atoms with Gasteiger partial charge in [-0.05, 0) is 44.0 Å². The Morgan fingerprint density at radius 1 is 0.957 bits per heavy atom. The molecule has 2 rings (SSSR count). The van der Waals surface area contributed by atoms with Crippen molar-refractivity contribution in [2.75, 3.05) is 0 Å². The summed E-state index contributed by atoms with van der Waals surface area (Å²) >= 11 is 0. The van der Waals surface area contributed by atoms with Crippen molar-refractivity contribution in [3.05, 3.63) is 65.7 Å². The summed E-state index contributed by atoms with van der Waals surface area (Å²) in [6.45, 7) is 6.48. The molecule has 0 aliphatic carbocycles. The maximum absolute atomic E-state index is 11.6. The van der Waals surface area contributed by atoms with Crippen molar-refractivity contribution < 1.29 is 14.3 Å². The van der Waals surface area contributed by atoms with Gasteiger partial charge in [0.05, 0.1) is 0 Å². The van der Waals surface area contributed by atoms with Crippen LogP contribution in [0.15, 0.2) is 54.6 Å². The van der Waals surface area contributed by atoms with E-state index in [1.807, 2.05) is 75.4 Å². The standard InChI is InChI=1S/C19H23NO3/c1-19(2,3)23-18(21)20-13-15-9-11-17(12-10-15)22-14-16-7-5-4-6-8-16/h4-12H,13-14H2,1-3H3,(H,20,21). The molecule has 23 heavy (non-hydrogen) atoms. The zero-order valence-corrected chi connectivity index (χ0v) is 13.8. The van der Waals surface area contributed by atoms with Crippen molar-refractivity contribution >= 4 is 6.09 Å². The Bertz CT molecular complexity index is 615. The van der Waals surface area contributed by atoms with Crippen molar-refractivity contribution in [3.8, 4) is 5.75 Å². The number of carbonyl (C=O) groups is 1. The Hall–Kier alpha value is -2.49. The van der Waals surface area contributed by atoms with Gasteiger partial charge in [0.1, 0.15) is 18.0 Å². The third-order valence-electron chi connectivity index (χ3n) is 3.01. The molecule has 4 heteroatoms. The lowest BCUT2D eigenvalue weighted by molar-refractivity contribution is 0.0523. The van der Waals surface area contributed by atoms with E-state index in [0.717, 1.165) is 16.9 Å². The number of ether oxygens (including phenoxy) is 2. The van der Waals surface area contributed by atoms with E-state index < -0.39 is 11.7 Å². The molecule has 0 unspecified atom stereocenters. The van der Waals surface area contributed by atoms with Crippen LogP contribution in [0.2, 0.25) is 0 Å². The van der Waals surface area contributed by atoms with E-state index in [4.69, 9.17) is 9.47 Å². The van der Waals surface area contributed by atoms with Crippen molar-refractivity contribution in [1.29, 1.82) is 0 Å². The smallest absolute Gasteiger partial charge is 0.407 e. The first-order valence-electron chi connectivity index (χ1n) is 7.65. The molecule has 0 radical (unpaired) electrons. The number of benzene rings is 2. The van der Waals surface area contributed by atoms with Crippen molar-refractivity contribution in [3.63, 3.8) is 0 Å². The van der Waals surface area contributed by atoms with Gasteiger partial charge >= 0.3 is 6.09 Å². The number of amides is 1. The maximum atomic E-state index is 11.6. The van der Waals surface area contributed by atoms with E-state index in [0.29, 0.717) is 13.2 Å². The molecule has 122 valence electrons. The predicted octanol–water partition coefficient (Wildman–Crippen LogP) is 4.29. The Labute approximate surface area is 137 Å². The SMILES string of the molecule is CC(C)(C)OC(=O)NCc1ccc(OCc2ccccc2)cc1. The summed E-state index contributed by atoms with van der Waals surface area (Å²) < 4.78 is 10.9. The third-order valence-corrected chi connectivity index (χ3v) is 3.01. The molecular formula is C19H23NO3. The summed E-state index contributed by atoms with van der Waals surface area (Å²) in [4.78, 5) is 11.6. The van der Waals surface area contributed by atoms with Crippen molar-refractivity contribution in [2.45, 2.75) is 39.5 Å². The summed E-state index contributed by atoms with van der Waals surface area (Å²) in [6, 6.07) is 17.7. The van der Waals surface area contributed by atoms with E-state index in [2.05, 4.69) is 5.32 Å². The molecule has 1 amide bonds. The largest absolute Gasteiger partial charge is 0.489 e. The number of carbonyl (C=O) groups excluding carboxylic acids is 1. The second kappa shape index (κ2) is 7.68. The molecule has 0 aliphatic rings. The highest BCUT2D eigenvalue weighted by molar-refractivity contribution is 5.67. The van der Waals surface area contributed by atoms with Crippen LogP contribution in [0, 0.1) is 0 Å². The minimum atomic E-state index is -0.487. The fourth-order valence-electron chi connectivity index (χ4n) is 1.93. The number of nitrogens with one attached hydrogen (secondary N) is 1. The van der Waals surface area contributed by atoms with Crippen LogP contribution in [0.5, 0.6) is 5.75 Å². The van der Waals surface area contributed by atoms with E-state index in [1.54, 1.807) is 0 Å². The lowest BCUT2D eigenvalue weighted by Crippen LogP contribution is -2.32. The maximum Gasteiger partial charge on any atom is 0.407 e. The van der Waals surface area contributed by atoms with E-state index in [-0.39, 0.29) is 0 Å². The van der Waals surface area contributed by atoms with Gasteiger partial charge in [-0.3, -0.25) is 0 Å². The normalized spacial score (nSPS) is 10.9. The fourth-order valence-corrected chi connectivity index (χ4v) is 1.93. The number of rotatable bonds is 5. The summed E-state index contributed by atoms with van der Waals surface area (Å²) in [6.07, 6.45) is -0.415. The first-order chi connectivity index (χ1) is 10.9. The Balaban J connectivity index is 1.79. The summed E-state index contributed by atoms with van der Waals surface area (Å²) in [5.74, 6) is 0.801. The molecule has 0 aliphatic heterocycles. The van der Waals surface area contributed by atoms with Crippen LogP contribution in [0.25, 0.3) is 0 Å². The van der Waals surface area contributed by atoms with Crippen LogP contribution in [-0.4, -0.2) is 11.7 Å². The van der Waals surface area contributed by atoms with Gasteiger partial charge in [0.2, 0.25) is 0 Å². The van der Waals surface area contributed by atoms with Gasteiger partial charge < -0.3 is 14.8 Å². The molecule has 2 aromatic rings. The van der Waals surface area contributed by atoms with Crippen LogP contribution < -0.4 is 10.1 Å². The molecule has 0 fully saturated rings. The zero-order valence-electron chi connectivity index (χ0n) is 13.8. The average molecular weight is 313 g/mol. The molecular weight excluding hydrogens is 290 g/mol.